The molecule has 0 spiro atoms. The van der Waals surface area contributed by atoms with Gasteiger partial charge in [-0.15, -0.1) is 0 Å². The molecule has 100 valence electrons. The Kier molecular flexibility index (Phi) is 4.27. The highest BCUT2D eigenvalue weighted by atomic mass is 19.4. The van der Waals surface area contributed by atoms with Crippen molar-refractivity contribution in [3.63, 3.8) is 0 Å². The minimum absolute atomic E-state index is 0.0462. The number of hydrogen-bond donors (Lipinski definition) is 1. The Hall–Kier alpha value is -1.03. The Morgan fingerprint density at radius 1 is 1.00 bits per heavy atom. The van der Waals surface area contributed by atoms with Crippen LogP contribution >= 0.6 is 0 Å². The molecule has 0 aliphatic carbocycles. The fraction of sp³-hybridized carbons (Fsp3) is 0.571. The molecule has 0 bridgehead atoms. The van der Waals surface area contributed by atoms with Crippen molar-refractivity contribution >= 4 is 0 Å². The van der Waals surface area contributed by atoms with Gasteiger partial charge in [0.2, 0.25) is 0 Å². The van der Waals surface area contributed by atoms with Gasteiger partial charge in [0.05, 0.1) is 5.56 Å². The molecule has 0 amide bonds. The SMILES string of the molecule is FC(F)(F)c1ccccc1C1CCCNCCC1. The predicted octanol–water partition coefficient (Wildman–Crippen LogP) is 3.95. The standard InChI is InChI=1S/C14H18F3N/c15-14(16,17)13-8-2-1-7-12(13)11-5-3-9-18-10-4-6-11/h1-2,7-8,11,18H,3-6,9-10H2. The second-order valence-corrected chi connectivity index (χ2v) is 4.82. The summed E-state index contributed by atoms with van der Waals surface area (Å²) in [5.74, 6) is 0.0462. The predicted molar refractivity (Wildman–Crippen MR) is 65.5 cm³/mol. The van der Waals surface area contributed by atoms with Gasteiger partial charge in [-0.25, -0.2) is 0 Å². The zero-order chi connectivity index (χ0) is 13.0. The van der Waals surface area contributed by atoms with Gasteiger partial charge in [-0.3, -0.25) is 0 Å². The van der Waals surface area contributed by atoms with E-state index in [0.29, 0.717) is 5.56 Å². The summed E-state index contributed by atoms with van der Waals surface area (Å²) < 4.78 is 38.9. The summed E-state index contributed by atoms with van der Waals surface area (Å²) in [4.78, 5) is 0. The Morgan fingerprint density at radius 2 is 1.61 bits per heavy atom. The van der Waals surface area contributed by atoms with Crippen molar-refractivity contribution in [2.45, 2.75) is 37.8 Å². The van der Waals surface area contributed by atoms with Crippen molar-refractivity contribution in [1.82, 2.24) is 5.32 Å². The topological polar surface area (TPSA) is 12.0 Å². The maximum absolute atomic E-state index is 13.0. The summed E-state index contributed by atoms with van der Waals surface area (Å²) in [7, 11) is 0. The zero-order valence-electron chi connectivity index (χ0n) is 10.3. The van der Waals surface area contributed by atoms with E-state index in [0.717, 1.165) is 38.8 Å². The lowest BCUT2D eigenvalue weighted by Crippen LogP contribution is -2.22. The monoisotopic (exact) mass is 257 g/mol. The fourth-order valence-corrected chi connectivity index (χ4v) is 2.64. The third-order valence-corrected chi connectivity index (χ3v) is 3.52. The molecule has 0 saturated carbocycles. The molecule has 2 rings (SSSR count). The fourth-order valence-electron chi connectivity index (χ4n) is 2.64. The minimum atomic E-state index is -4.24. The van der Waals surface area contributed by atoms with Crippen molar-refractivity contribution in [3.8, 4) is 0 Å². The lowest BCUT2D eigenvalue weighted by Gasteiger charge is -2.23. The molecule has 0 aromatic heterocycles. The highest BCUT2D eigenvalue weighted by molar-refractivity contribution is 5.32. The van der Waals surface area contributed by atoms with Crippen LogP contribution in [0, 0.1) is 0 Å². The highest BCUT2D eigenvalue weighted by Crippen LogP contribution is 2.38. The molecule has 0 unspecified atom stereocenters. The third kappa shape index (κ3) is 3.25. The Bertz CT molecular complexity index is 379. The minimum Gasteiger partial charge on any atom is -0.317 e. The summed E-state index contributed by atoms with van der Waals surface area (Å²) >= 11 is 0. The van der Waals surface area contributed by atoms with E-state index in [1.165, 1.54) is 12.1 Å². The van der Waals surface area contributed by atoms with Gasteiger partial charge < -0.3 is 5.32 Å². The van der Waals surface area contributed by atoms with Crippen molar-refractivity contribution < 1.29 is 13.2 Å². The number of halogens is 3. The molecule has 1 aliphatic heterocycles. The van der Waals surface area contributed by atoms with Crippen molar-refractivity contribution in [1.29, 1.82) is 0 Å². The molecule has 1 heterocycles. The maximum Gasteiger partial charge on any atom is 0.416 e. The number of hydrogen-bond acceptors (Lipinski definition) is 1. The maximum atomic E-state index is 13.0. The number of rotatable bonds is 1. The second kappa shape index (κ2) is 5.74. The molecule has 1 nitrogen and oxygen atoms in total. The molecule has 1 aromatic rings. The molecule has 0 radical (unpaired) electrons. The molecular formula is C14H18F3N. The lowest BCUT2D eigenvalue weighted by atomic mass is 9.86. The molecule has 18 heavy (non-hydrogen) atoms. The summed E-state index contributed by atoms with van der Waals surface area (Å²) in [6.45, 7) is 1.81. The second-order valence-electron chi connectivity index (χ2n) is 4.82. The Balaban J connectivity index is 2.25. The van der Waals surface area contributed by atoms with Crippen LogP contribution in [-0.2, 0) is 6.18 Å². The highest BCUT2D eigenvalue weighted by Gasteiger charge is 2.34. The summed E-state index contributed by atoms with van der Waals surface area (Å²) in [5.41, 5.74) is 0.0235. The zero-order valence-corrected chi connectivity index (χ0v) is 10.3. The summed E-state index contributed by atoms with van der Waals surface area (Å²) in [6, 6.07) is 6.02. The van der Waals surface area contributed by atoms with Crippen LogP contribution < -0.4 is 5.32 Å². The average Bonchev–Trinajstić information content (AvgIpc) is 2.27. The van der Waals surface area contributed by atoms with Crippen molar-refractivity contribution in [2.75, 3.05) is 13.1 Å². The first-order chi connectivity index (χ1) is 8.59. The molecule has 1 aromatic carbocycles. The smallest absolute Gasteiger partial charge is 0.317 e. The van der Waals surface area contributed by atoms with Gasteiger partial charge in [0.15, 0.2) is 0 Å². The van der Waals surface area contributed by atoms with Crippen LogP contribution in [0.3, 0.4) is 0 Å². The third-order valence-electron chi connectivity index (χ3n) is 3.52. The van der Waals surface area contributed by atoms with Crippen molar-refractivity contribution in [2.24, 2.45) is 0 Å². The quantitative estimate of drug-likeness (QED) is 0.803. The first-order valence-electron chi connectivity index (χ1n) is 6.46. The van der Waals surface area contributed by atoms with Gasteiger partial charge in [0.25, 0.3) is 0 Å². The number of alkyl halides is 3. The first-order valence-corrected chi connectivity index (χ1v) is 6.46. The van der Waals surface area contributed by atoms with Gasteiger partial charge in [-0.2, -0.15) is 13.2 Å². The van der Waals surface area contributed by atoms with E-state index in [2.05, 4.69) is 5.32 Å². The van der Waals surface area contributed by atoms with Gasteiger partial charge in [0.1, 0.15) is 0 Å². The lowest BCUT2D eigenvalue weighted by molar-refractivity contribution is -0.138. The summed E-state index contributed by atoms with van der Waals surface area (Å²) in [5, 5.41) is 3.28. The van der Waals surface area contributed by atoms with E-state index in [1.54, 1.807) is 12.1 Å². The Morgan fingerprint density at radius 3 is 2.22 bits per heavy atom. The van der Waals surface area contributed by atoms with Gasteiger partial charge in [0, 0.05) is 0 Å². The van der Waals surface area contributed by atoms with Crippen LogP contribution in [0.15, 0.2) is 24.3 Å². The first kappa shape index (κ1) is 13.4. The molecule has 0 atom stereocenters. The van der Waals surface area contributed by atoms with Gasteiger partial charge in [-0.1, -0.05) is 18.2 Å². The van der Waals surface area contributed by atoms with E-state index in [9.17, 15) is 13.2 Å². The molecular weight excluding hydrogens is 239 g/mol. The van der Waals surface area contributed by atoms with Crippen LogP contribution in [0.5, 0.6) is 0 Å². The van der Waals surface area contributed by atoms with E-state index >= 15 is 0 Å². The largest absolute Gasteiger partial charge is 0.416 e. The van der Waals surface area contributed by atoms with E-state index in [4.69, 9.17) is 0 Å². The van der Waals surface area contributed by atoms with Crippen LogP contribution in [0.4, 0.5) is 13.2 Å². The van der Waals surface area contributed by atoms with Gasteiger partial charge >= 0.3 is 6.18 Å². The number of benzene rings is 1. The van der Waals surface area contributed by atoms with E-state index in [1.807, 2.05) is 0 Å². The molecule has 1 saturated heterocycles. The normalized spacial score (nSPS) is 19.3. The van der Waals surface area contributed by atoms with Crippen LogP contribution in [0.25, 0.3) is 0 Å². The number of nitrogens with one attached hydrogen (secondary N) is 1. The van der Waals surface area contributed by atoms with Crippen LogP contribution in [-0.4, -0.2) is 13.1 Å². The summed E-state index contributed by atoms with van der Waals surface area (Å²) in [6.07, 6.45) is -0.689. The van der Waals surface area contributed by atoms with Gasteiger partial charge in [-0.05, 0) is 56.3 Å². The molecule has 4 heteroatoms. The van der Waals surface area contributed by atoms with Crippen LogP contribution in [0.1, 0.15) is 42.7 Å². The molecule has 1 N–H and O–H groups in total. The van der Waals surface area contributed by atoms with E-state index in [-0.39, 0.29) is 5.92 Å². The van der Waals surface area contributed by atoms with Crippen molar-refractivity contribution in [3.05, 3.63) is 35.4 Å². The molecule has 1 fully saturated rings. The molecule has 1 aliphatic rings. The van der Waals surface area contributed by atoms with E-state index < -0.39 is 11.7 Å². The van der Waals surface area contributed by atoms with Crippen LogP contribution in [0.2, 0.25) is 0 Å². The Labute approximate surface area is 105 Å². The average molecular weight is 257 g/mol.